The second kappa shape index (κ2) is 5.41. The third-order valence-electron chi connectivity index (χ3n) is 2.81. The molecule has 0 aliphatic carbocycles. The summed E-state index contributed by atoms with van der Waals surface area (Å²) in [6.07, 6.45) is 0. The first-order valence-electron chi connectivity index (χ1n) is 5.45. The minimum atomic E-state index is -0.829. The molecular weight excluding hydrogens is 240 g/mol. The van der Waals surface area contributed by atoms with Crippen molar-refractivity contribution in [3.05, 3.63) is 28.3 Å². The molecule has 0 spiro atoms. The lowest BCUT2D eigenvalue weighted by Gasteiger charge is -2.20. The van der Waals surface area contributed by atoms with Gasteiger partial charge in [-0.3, -0.25) is 4.79 Å². The van der Waals surface area contributed by atoms with Gasteiger partial charge in [0, 0.05) is 0 Å². The second-order valence-corrected chi connectivity index (χ2v) is 4.81. The van der Waals surface area contributed by atoms with E-state index in [1.54, 1.807) is 12.1 Å². The first kappa shape index (κ1) is 13.8. The highest BCUT2D eigenvalue weighted by Gasteiger charge is 2.26. The number of ether oxygens (including phenoxy) is 1. The summed E-state index contributed by atoms with van der Waals surface area (Å²) in [5.74, 6) is -0.792. The molecule has 1 rings (SSSR count). The third-order valence-corrected chi connectivity index (χ3v) is 3.10. The minimum Gasteiger partial charge on any atom is -0.495 e. The van der Waals surface area contributed by atoms with Crippen LogP contribution in [0.2, 0.25) is 5.02 Å². The summed E-state index contributed by atoms with van der Waals surface area (Å²) < 4.78 is 5.10. The molecule has 0 saturated heterocycles. The number of carbonyl (C=O) groups is 1. The van der Waals surface area contributed by atoms with Gasteiger partial charge in [0.1, 0.15) is 5.75 Å². The lowest BCUT2D eigenvalue weighted by molar-refractivity contribution is -0.139. The van der Waals surface area contributed by atoms with Gasteiger partial charge < -0.3 is 9.84 Å². The molecule has 0 aliphatic heterocycles. The van der Waals surface area contributed by atoms with Gasteiger partial charge in [-0.2, -0.15) is 0 Å². The highest BCUT2D eigenvalue weighted by Crippen LogP contribution is 2.34. The molecule has 3 nitrogen and oxygen atoms in total. The number of rotatable bonds is 4. The number of methoxy groups -OCH3 is 1. The lowest BCUT2D eigenvalue weighted by atomic mass is 9.86. The first-order chi connectivity index (χ1) is 7.88. The highest BCUT2D eigenvalue weighted by molar-refractivity contribution is 6.32. The van der Waals surface area contributed by atoms with Crippen molar-refractivity contribution in [2.75, 3.05) is 7.11 Å². The van der Waals surface area contributed by atoms with Crippen LogP contribution in [-0.2, 0) is 4.79 Å². The van der Waals surface area contributed by atoms with Gasteiger partial charge in [-0.1, -0.05) is 25.4 Å². The molecule has 0 aromatic heterocycles. The van der Waals surface area contributed by atoms with Crippen LogP contribution in [-0.4, -0.2) is 18.2 Å². The Morgan fingerprint density at radius 1 is 1.41 bits per heavy atom. The van der Waals surface area contributed by atoms with E-state index in [1.807, 2.05) is 20.8 Å². The molecule has 17 heavy (non-hydrogen) atoms. The molecule has 1 aromatic rings. The van der Waals surface area contributed by atoms with Crippen molar-refractivity contribution >= 4 is 17.6 Å². The zero-order valence-electron chi connectivity index (χ0n) is 10.5. The van der Waals surface area contributed by atoms with Crippen molar-refractivity contribution in [1.29, 1.82) is 0 Å². The maximum absolute atomic E-state index is 11.3. The molecule has 1 atom stereocenters. The van der Waals surface area contributed by atoms with E-state index in [1.165, 1.54) is 7.11 Å². The van der Waals surface area contributed by atoms with E-state index < -0.39 is 11.9 Å². The predicted molar refractivity (Wildman–Crippen MR) is 68.0 cm³/mol. The fourth-order valence-electron chi connectivity index (χ4n) is 1.94. The highest BCUT2D eigenvalue weighted by atomic mass is 35.5. The summed E-state index contributed by atoms with van der Waals surface area (Å²) >= 11 is 6.04. The Kier molecular flexibility index (Phi) is 4.40. The average molecular weight is 257 g/mol. The van der Waals surface area contributed by atoms with Crippen LogP contribution < -0.4 is 4.74 Å². The molecule has 0 saturated carbocycles. The van der Waals surface area contributed by atoms with E-state index in [2.05, 4.69) is 0 Å². The second-order valence-electron chi connectivity index (χ2n) is 4.40. The molecule has 1 unspecified atom stereocenters. The number of benzene rings is 1. The zero-order valence-corrected chi connectivity index (χ0v) is 11.2. The summed E-state index contributed by atoms with van der Waals surface area (Å²) in [6, 6.07) is 3.46. The van der Waals surface area contributed by atoms with Gasteiger partial charge in [0.05, 0.1) is 18.1 Å². The molecule has 1 N–H and O–H groups in total. The Morgan fingerprint density at radius 3 is 2.41 bits per heavy atom. The fourth-order valence-corrected chi connectivity index (χ4v) is 2.19. The Morgan fingerprint density at radius 2 is 2.00 bits per heavy atom. The van der Waals surface area contributed by atoms with Gasteiger partial charge in [-0.25, -0.2) is 0 Å². The molecule has 1 aromatic carbocycles. The van der Waals surface area contributed by atoms with Gasteiger partial charge in [0.2, 0.25) is 0 Å². The topological polar surface area (TPSA) is 46.5 Å². The molecule has 0 bridgehead atoms. The van der Waals surface area contributed by atoms with E-state index in [9.17, 15) is 9.90 Å². The van der Waals surface area contributed by atoms with Crippen LogP contribution in [0.5, 0.6) is 5.75 Å². The zero-order chi connectivity index (χ0) is 13.2. The SMILES string of the molecule is COc1cc(C)c(C(C(=O)O)C(C)C)cc1Cl. The summed E-state index contributed by atoms with van der Waals surface area (Å²) in [5.41, 5.74) is 1.63. The fraction of sp³-hybridized carbons (Fsp3) is 0.462. The maximum atomic E-state index is 11.3. The Labute approximate surface area is 106 Å². The van der Waals surface area contributed by atoms with E-state index in [4.69, 9.17) is 16.3 Å². The molecule has 0 heterocycles. The van der Waals surface area contributed by atoms with Crippen LogP contribution in [0.3, 0.4) is 0 Å². The Hall–Kier alpha value is -1.22. The van der Waals surface area contributed by atoms with Crippen LogP contribution in [0.25, 0.3) is 0 Å². The van der Waals surface area contributed by atoms with Crippen molar-refractivity contribution in [1.82, 2.24) is 0 Å². The van der Waals surface area contributed by atoms with Gasteiger partial charge in [0.25, 0.3) is 0 Å². The largest absolute Gasteiger partial charge is 0.495 e. The molecule has 0 radical (unpaired) electrons. The Bertz CT molecular complexity index is 427. The van der Waals surface area contributed by atoms with E-state index in [0.29, 0.717) is 10.8 Å². The summed E-state index contributed by atoms with van der Waals surface area (Å²) in [5, 5.41) is 9.71. The number of aliphatic carboxylic acids is 1. The summed E-state index contributed by atoms with van der Waals surface area (Å²) in [7, 11) is 1.54. The number of hydrogen-bond acceptors (Lipinski definition) is 2. The normalized spacial score (nSPS) is 12.6. The number of halogens is 1. The van der Waals surface area contributed by atoms with E-state index in [0.717, 1.165) is 11.1 Å². The van der Waals surface area contributed by atoms with Crippen LogP contribution in [0.1, 0.15) is 30.9 Å². The number of aryl methyl sites for hydroxylation is 1. The average Bonchev–Trinajstić information content (AvgIpc) is 2.21. The van der Waals surface area contributed by atoms with Crippen molar-refractivity contribution in [3.8, 4) is 5.75 Å². The number of carboxylic acids is 1. The van der Waals surface area contributed by atoms with Crippen molar-refractivity contribution in [3.63, 3.8) is 0 Å². The number of carboxylic acid groups (broad SMARTS) is 1. The molecule has 0 amide bonds. The molecular formula is C13H17ClO3. The lowest BCUT2D eigenvalue weighted by Crippen LogP contribution is -2.18. The van der Waals surface area contributed by atoms with Gasteiger partial charge in [-0.15, -0.1) is 0 Å². The van der Waals surface area contributed by atoms with Crippen LogP contribution in [0.4, 0.5) is 0 Å². The van der Waals surface area contributed by atoms with Crippen molar-refractivity contribution in [2.24, 2.45) is 5.92 Å². The minimum absolute atomic E-state index is 0.00987. The van der Waals surface area contributed by atoms with Crippen LogP contribution in [0.15, 0.2) is 12.1 Å². The smallest absolute Gasteiger partial charge is 0.311 e. The van der Waals surface area contributed by atoms with E-state index >= 15 is 0 Å². The van der Waals surface area contributed by atoms with Crippen LogP contribution in [0, 0.1) is 12.8 Å². The van der Waals surface area contributed by atoms with Gasteiger partial charge in [-0.05, 0) is 36.1 Å². The molecule has 0 fully saturated rings. The first-order valence-corrected chi connectivity index (χ1v) is 5.83. The standard InChI is InChI=1S/C13H17ClO3/c1-7(2)12(13(15)16)9-6-10(14)11(17-4)5-8(9)3/h5-7,12H,1-4H3,(H,15,16). The molecule has 0 aliphatic rings. The van der Waals surface area contributed by atoms with Crippen LogP contribution >= 0.6 is 11.6 Å². The number of hydrogen-bond donors (Lipinski definition) is 1. The third kappa shape index (κ3) is 2.91. The van der Waals surface area contributed by atoms with Gasteiger partial charge in [0.15, 0.2) is 0 Å². The quantitative estimate of drug-likeness (QED) is 0.897. The van der Waals surface area contributed by atoms with Crippen molar-refractivity contribution < 1.29 is 14.6 Å². The predicted octanol–water partition coefficient (Wildman–Crippen LogP) is 3.48. The Balaban J connectivity index is 3.30. The molecule has 4 heteroatoms. The summed E-state index contributed by atoms with van der Waals surface area (Å²) in [6.45, 7) is 5.64. The van der Waals surface area contributed by atoms with Gasteiger partial charge >= 0.3 is 5.97 Å². The van der Waals surface area contributed by atoms with E-state index in [-0.39, 0.29) is 5.92 Å². The monoisotopic (exact) mass is 256 g/mol. The summed E-state index contributed by atoms with van der Waals surface area (Å²) in [4.78, 5) is 11.3. The van der Waals surface area contributed by atoms with Crippen molar-refractivity contribution in [2.45, 2.75) is 26.7 Å². The molecule has 94 valence electrons. The maximum Gasteiger partial charge on any atom is 0.311 e.